The maximum absolute atomic E-state index is 6.07. The predicted molar refractivity (Wildman–Crippen MR) is 74.9 cm³/mol. The van der Waals surface area contributed by atoms with Crippen molar-refractivity contribution in [3.63, 3.8) is 0 Å². The van der Waals surface area contributed by atoms with Crippen molar-refractivity contribution in [3.05, 3.63) is 48.2 Å². The fraction of sp³-hybridized carbons (Fsp3) is 0.154. The lowest BCUT2D eigenvalue weighted by atomic mass is 10.1. The molecule has 1 heterocycles. The third kappa shape index (κ3) is 3.11. The summed E-state index contributed by atoms with van der Waals surface area (Å²) in [6.45, 7) is 0.598. The average Bonchev–Trinajstić information content (AvgIpc) is 2.38. The Morgan fingerprint density at radius 2 is 1.67 bits per heavy atom. The van der Waals surface area contributed by atoms with Gasteiger partial charge in [-0.25, -0.2) is 4.98 Å². The van der Waals surface area contributed by atoms with E-state index in [0.717, 1.165) is 17.1 Å². The van der Waals surface area contributed by atoms with Gasteiger partial charge < -0.3 is 22.5 Å². The zero-order valence-electron chi connectivity index (χ0n) is 10.0. The lowest BCUT2D eigenvalue weighted by molar-refractivity contribution is 0.762. The zero-order valence-corrected chi connectivity index (χ0v) is 10.0. The van der Waals surface area contributed by atoms with E-state index in [2.05, 4.69) is 10.3 Å². The van der Waals surface area contributed by atoms with E-state index in [1.54, 1.807) is 12.3 Å². The van der Waals surface area contributed by atoms with E-state index in [1.807, 2.05) is 30.3 Å². The molecule has 0 radical (unpaired) electrons. The van der Waals surface area contributed by atoms with Crippen LogP contribution in [-0.2, 0) is 0 Å². The van der Waals surface area contributed by atoms with Crippen LogP contribution in [-0.4, -0.2) is 11.5 Å². The van der Waals surface area contributed by atoms with Crippen molar-refractivity contribution in [1.29, 1.82) is 0 Å². The van der Waals surface area contributed by atoms with Gasteiger partial charge in [-0.3, -0.25) is 0 Å². The van der Waals surface area contributed by atoms with Crippen LogP contribution in [0.15, 0.2) is 42.6 Å². The summed E-state index contributed by atoms with van der Waals surface area (Å²) in [5.41, 5.74) is 19.7. The summed E-state index contributed by atoms with van der Waals surface area (Å²) >= 11 is 0. The monoisotopic (exact) mass is 243 g/mol. The van der Waals surface area contributed by atoms with Gasteiger partial charge in [0.25, 0.3) is 0 Å². The first kappa shape index (κ1) is 12.2. The first-order valence-corrected chi connectivity index (χ1v) is 5.71. The number of nitrogens with one attached hydrogen (secondary N) is 1. The molecular formula is C13H17N5. The van der Waals surface area contributed by atoms with Gasteiger partial charge in [0.1, 0.15) is 5.82 Å². The van der Waals surface area contributed by atoms with Gasteiger partial charge >= 0.3 is 0 Å². The molecule has 1 atom stereocenters. The number of hydrogen-bond donors (Lipinski definition) is 4. The highest BCUT2D eigenvalue weighted by Crippen LogP contribution is 2.14. The third-order valence-corrected chi connectivity index (χ3v) is 2.65. The standard InChI is InChI=1S/C13H17N5/c14-10-3-1-9(2-4-10)12(16)8-18-13-6-5-11(15)7-17-13/h1-7,12H,8,14-16H2,(H,17,18). The largest absolute Gasteiger partial charge is 0.399 e. The van der Waals surface area contributed by atoms with Crippen LogP contribution in [0, 0.1) is 0 Å². The Hall–Kier alpha value is -2.27. The maximum Gasteiger partial charge on any atom is 0.126 e. The van der Waals surface area contributed by atoms with E-state index >= 15 is 0 Å². The summed E-state index contributed by atoms with van der Waals surface area (Å²) in [5.74, 6) is 0.759. The molecule has 0 bridgehead atoms. The summed E-state index contributed by atoms with van der Waals surface area (Å²) < 4.78 is 0. The van der Waals surface area contributed by atoms with Gasteiger partial charge in [-0.2, -0.15) is 0 Å². The Balaban J connectivity index is 1.93. The third-order valence-electron chi connectivity index (χ3n) is 2.65. The molecule has 94 valence electrons. The molecule has 0 aliphatic carbocycles. The number of hydrogen-bond acceptors (Lipinski definition) is 5. The van der Waals surface area contributed by atoms with Crippen LogP contribution < -0.4 is 22.5 Å². The zero-order chi connectivity index (χ0) is 13.0. The lowest BCUT2D eigenvalue weighted by Crippen LogP contribution is -2.20. The van der Waals surface area contributed by atoms with Crippen molar-refractivity contribution in [2.75, 3.05) is 23.3 Å². The predicted octanol–water partition coefficient (Wildman–Crippen LogP) is 1.36. The molecule has 2 rings (SSSR count). The van der Waals surface area contributed by atoms with Gasteiger partial charge in [-0.05, 0) is 29.8 Å². The number of anilines is 3. The lowest BCUT2D eigenvalue weighted by Gasteiger charge is -2.13. The Bertz CT molecular complexity index is 492. The average molecular weight is 243 g/mol. The molecule has 2 aromatic rings. The Morgan fingerprint density at radius 1 is 1.00 bits per heavy atom. The summed E-state index contributed by atoms with van der Waals surface area (Å²) in [5, 5.41) is 3.16. The minimum absolute atomic E-state index is 0.107. The molecule has 0 amide bonds. The molecule has 1 aromatic heterocycles. The number of nitrogens with zero attached hydrogens (tertiary/aromatic N) is 1. The number of rotatable bonds is 4. The fourth-order valence-electron chi connectivity index (χ4n) is 1.59. The van der Waals surface area contributed by atoms with Crippen LogP contribution >= 0.6 is 0 Å². The van der Waals surface area contributed by atoms with Crippen LogP contribution in [0.5, 0.6) is 0 Å². The summed E-state index contributed by atoms with van der Waals surface area (Å²) in [6, 6.07) is 11.1. The first-order valence-electron chi connectivity index (χ1n) is 5.71. The van der Waals surface area contributed by atoms with E-state index in [4.69, 9.17) is 17.2 Å². The van der Waals surface area contributed by atoms with Gasteiger partial charge in [-0.15, -0.1) is 0 Å². The summed E-state index contributed by atoms with van der Waals surface area (Å²) in [4.78, 5) is 4.15. The minimum Gasteiger partial charge on any atom is -0.399 e. The van der Waals surface area contributed by atoms with Gasteiger partial charge in [0.05, 0.1) is 11.9 Å². The van der Waals surface area contributed by atoms with Crippen molar-refractivity contribution < 1.29 is 0 Å². The molecule has 0 saturated carbocycles. The van der Waals surface area contributed by atoms with Crippen LogP contribution in [0.4, 0.5) is 17.2 Å². The van der Waals surface area contributed by atoms with Crippen LogP contribution in [0.25, 0.3) is 0 Å². The molecule has 0 fully saturated rings. The highest BCUT2D eigenvalue weighted by molar-refractivity contribution is 5.44. The molecule has 7 N–H and O–H groups in total. The number of pyridine rings is 1. The highest BCUT2D eigenvalue weighted by Gasteiger charge is 2.05. The van der Waals surface area contributed by atoms with Gasteiger partial charge in [0, 0.05) is 18.3 Å². The second-order valence-electron chi connectivity index (χ2n) is 4.13. The number of benzene rings is 1. The van der Waals surface area contributed by atoms with Crippen LogP contribution in [0.3, 0.4) is 0 Å². The van der Waals surface area contributed by atoms with E-state index in [1.165, 1.54) is 0 Å². The normalized spacial score (nSPS) is 12.1. The van der Waals surface area contributed by atoms with Gasteiger partial charge in [0.2, 0.25) is 0 Å². The topological polar surface area (TPSA) is 103 Å². The summed E-state index contributed by atoms with van der Waals surface area (Å²) in [7, 11) is 0. The van der Waals surface area contributed by atoms with Crippen molar-refractivity contribution in [2.45, 2.75) is 6.04 Å². The molecule has 1 unspecified atom stereocenters. The Morgan fingerprint density at radius 3 is 2.28 bits per heavy atom. The van der Waals surface area contributed by atoms with Crippen molar-refractivity contribution >= 4 is 17.2 Å². The molecule has 5 heteroatoms. The molecule has 0 saturated heterocycles. The molecule has 1 aromatic carbocycles. The van der Waals surface area contributed by atoms with Crippen molar-refractivity contribution in [2.24, 2.45) is 5.73 Å². The van der Waals surface area contributed by atoms with Crippen LogP contribution in [0.2, 0.25) is 0 Å². The Kier molecular flexibility index (Phi) is 3.64. The highest BCUT2D eigenvalue weighted by atomic mass is 15.0. The van der Waals surface area contributed by atoms with E-state index < -0.39 is 0 Å². The van der Waals surface area contributed by atoms with E-state index in [0.29, 0.717) is 12.2 Å². The molecule has 5 nitrogen and oxygen atoms in total. The molecular weight excluding hydrogens is 226 g/mol. The fourth-order valence-corrected chi connectivity index (χ4v) is 1.59. The molecule has 18 heavy (non-hydrogen) atoms. The molecule has 0 aliphatic rings. The quantitative estimate of drug-likeness (QED) is 0.607. The smallest absolute Gasteiger partial charge is 0.126 e. The summed E-state index contributed by atoms with van der Waals surface area (Å²) in [6.07, 6.45) is 1.61. The second kappa shape index (κ2) is 5.37. The first-order chi connectivity index (χ1) is 8.65. The van der Waals surface area contributed by atoms with E-state index in [-0.39, 0.29) is 6.04 Å². The van der Waals surface area contributed by atoms with Crippen molar-refractivity contribution in [3.8, 4) is 0 Å². The van der Waals surface area contributed by atoms with Gasteiger partial charge in [-0.1, -0.05) is 12.1 Å². The van der Waals surface area contributed by atoms with Crippen molar-refractivity contribution in [1.82, 2.24) is 4.98 Å². The minimum atomic E-state index is -0.107. The Labute approximate surface area is 106 Å². The van der Waals surface area contributed by atoms with Crippen LogP contribution in [0.1, 0.15) is 11.6 Å². The second-order valence-corrected chi connectivity index (χ2v) is 4.13. The number of aromatic nitrogens is 1. The molecule has 0 aliphatic heterocycles. The molecule has 0 spiro atoms. The number of nitrogen functional groups attached to an aromatic ring is 2. The maximum atomic E-state index is 6.07. The van der Waals surface area contributed by atoms with Gasteiger partial charge in [0.15, 0.2) is 0 Å². The van der Waals surface area contributed by atoms with E-state index in [9.17, 15) is 0 Å². The SMILES string of the molecule is Nc1ccc(C(N)CNc2ccc(N)cn2)cc1. The number of nitrogens with two attached hydrogens (primary N) is 3.